The highest BCUT2D eigenvalue weighted by Gasteiger charge is 2.50. The van der Waals surface area contributed by atoms with Crippen molar-refractivity contribution in [2.24, 2.45) is 0 Å². The number of benzene rings is 6. The first kappa shape index (κ1) is 70.4. The number of carbonyl (C=O) groups excluding carboxylic acids is 5. The number of piperidine rings is 2. The molecule has 6 aromatic rings. The van der Waals surface area contributed by atoms with Gasteiger partial charge in [0.2, 0.25) is 11.8 Å². The largest absolute Gasteiger partial charge is 0.446 e. The fourth-order valence-electron chi connectivity index (χ4n) is 13.5. The molecule has 6 aromatic carbocycles. The molecule has 512 valence electrons. The Labute approximate surface area is 555 Å². The second-order valence-corrected chi connectivity index (χ2v) is 25.6. The molecule has 2 N–H and O–H groups in total. The zero-order valence-electron chi connectivity index (χ0n) is 54.4. The van der Waals surface area contributed by atoms with E-state index in [2.05, 4.69) is 32.6 Å². The number of fused-ring (bicyclic) bond motifs is 2. The van der Waals surface area contributed by atoms with Gasteiger partial charge in [-0.05, 0) is 147 Å². The van der Waals surface area contributed by atoms with E-state index in [1.54, 1.807) is 40.9 Å². The molecule has 0 unspecified atom stereocenters. The van der Waals surface area contributed by atoms with Crippen LogP contribution in [0.25, 0.3) is 11.1 Å². The molecule has 0 aromatic heterocycles. The summed E-state index contributed by atoms with van der Waals surface area (Å²) in [7, 11) is 5.22. The number of carbonyl (C=O) groups is 5. The number of ether oxygens (including phenoxy) is 3. The van der Waals surface area contributed by atoms with Gasteiger partial charge in [0.25, 0.3) is 11.8 Å². The van der Waals surface area contributed by atoms with Gasteiger partial charge in [0.05, 0.1) is 29.5 Å². The molecule has 23 heteroatoms. The lowest BCUT2D eigenvalue weighted by Crippen LogP contribution is -2.50. The summed E-state index contributed by atoms with van der Waals surface area (Å²) < 4.78 is 116. The van der Waals surface area contributed by atoms with Gasteiger partial charge in [-0.25, -0.2) is 9.18 Å². The summed E-state index contributed by atoms with van der Waals surface area (Å²) in [6, 6.07) is 39.1. The number of hydrogen-bond donors (Lipinski definition) is 2. The van der Waals surface area contributed by atoms with E-state index in [1.807, 2.05) is 85.9 Å². The van der Waals surface area contributed by atoms with E-state index in [0.717, 1.165) is 84.6 Å². The molecular formula is C73H83F7N8O8. The van der Waals surface area contributed by atoms with Crippen LogP contribution in [0.1, 0.15) is 106 Å². The maximum absolute atomic E-state index is 14.2. The molecular weight excluding hydrogens is 1250 g/mol. The lowest BCUT2D eigenvalue weighted by atomic mass is 9.72. The zero-order chi connectivity index (χ0) is 68.2. The lowest BCUT2D eigenvalue weighted by molar-refractivity contribution is -0.143. The molecule has 0 bridgehead atoms. The number of anilines is 2. The molecule has 3 saturated heterocycles. The summed E-state index contributed by atoms with van der Waals surface area (Å²) in [6.07, 6.45) is -4.67. The smallest absolute Gasteiger partial charge is 0.416 e. The summed E-state index contributed by atoms with van der Waals surface area (Å²) in [5.41, 5.74) is 1.07. The van der Waals surface area contributed by atoms with E-state index in [1.165, 1.54) is 24.3 Å². The summed E-state index contributed by atoms with van der Waals surface area (Å²) in [5, 5.41) is 6.34. The third-order valence-corrected chi connectivity index (χ3v) is 19.3. The highest BCUT2D eigenvalue weighted by molar-refractivity contribution is 5.95. The van der Waals surface area contributed by atoms with Crippen molar-refractivity contribution in [3.05, 3.63) is 190 Å². The van der Waals surface area contributed by atoms with Gasteiger partial charge in [0.1, 0.15) is 30.9 Å². The van der Waals surface area contributed by atoms with Crippen LogP contribution in [0.2, 0.25) is 0 Å². The van der Waals surface area contributed by atoms with Crippen molar-refractivity contribution in [2.75, 3.05) is 117 Å². The standard InChI is InChI=1S/C73H83F7N8O8/c1-83(42-43-86-35-29-60(30-36-86)96-69(93)82-63-19-12-10-17-61(63)51-14-6-4-7-15-51)65(89)20-8-5-13-34-81-59-27-21-52(22-28-59)67(91)85(3)41-40-84(2)66(90)48-94-64-46-53-16-9-11-18-62(53)70(64)31-37-87(38-32-70)39-33-71(55-23-25-58(74)26-24-55)49-88(50-95-71)68(92)54-44-56(72(75,76)77)47-57(45-54)73(78,79)80/h4,6-7,9-12,14-19,21-28,44-45,47,60,64,81H,5,8,13,20,29-43,46,48-50H2,1-3H3,(H,82,93)/t64-,71-/m0/s1. The molecule has 2 atom stereocenters. The molecule has 10 rings (SSSR count). The SMILES string of the molecule is CN(CCN1CCC(OC(=O)Nc2ccccc2-c2ccccc2)CC1)C(=O)CCCCCNc1ccc(C(=O)N(C)CCN(C)C(=O)CO[C@H]2Cc3ccccc3C23CCN(CC[C@@]2(c4ccc(F)cc4)CN(C(=O)c4cc(C(F)(F)F)cc(C(F)(F)F)c4)CO2)CC3)cc1. The summed E-state index contributed by atoms with van der Waals surface area (Å²) in [6.45, 7) is 4.96. The average Bonchev–Trinajstić information content (AvgIpc) is 1.58. The average molecular weight is 1330 g/mol. The number of rotatable bonds is 25. The third-order valence-electron chi connectivity index (χ3n) is 19.3. The Balaban J connectivity index is 0.613. The normalized spacial score (nSPS) is 18.2. The molecule has 96 heavy (non-hydrogen) atoms. The van der Waals surface area contributed by atoms with Gasteiger partial charge in [0.15, 0.2) is 0 Å². The van der Waals surface area contributed by atoms with Crippen molar-refractivity contribution in [1.29, 1.82) is 0 Å². The number of likely N-dealkylation sites (N-methyl/N-ethyl adjacent to an activating group) is 3. The van der Waals surface area contributed by atoms with Gasteiger partial charge in [0, 0.05) is 108 Å². The summed E-state index contributed by atoms with van der Waals surface area (Å²) in [4.78, 5) is 77.3. The first-order valence-electron chi connectivity index (χ1n) is 32.8. The minimum atomic E-state index is -5.15. The highest BCUT2D eigenvalue weighted by atomic mass is 19.4. The van der Waals surface area contributed by atoms with Crippen LogP contribution in [0.3, 0.4) is 0 Å². The number of nitrogens with zero attached hydrogens (tertiary/aromatic N) is 6. The van der Waals surface area contributed by atoms with Gasteiger partial charge in [-0.15, -0.1) is 0 Å². The van der Waals surface area contributed by atoms with Gasteiger partial charge >= 0.3 is 18.4 Å². The topological polar surface area (TPSA) is 157 Å². The molecule has 1 aliphatic carbocycles. The van der Waals surface area contributed by atoms with E-state index in [4.69, 9.17) is 14.2 Å². The van der Waals surface area contributed by atoms with E-state index in [-0.39, 0.29) is 68.7 Å². The van der Waals surface area contributed by atoms with Crippen molar-refractivity contribution in [3.8, 4) is 11.1 Å². The Morgan fingerprint density at radius 2 is 1.29 bits per heavy atom. The van der Waals surface area contributed by atoms with Crippen LogP contribution < -0.4 is 10.6 Å². The molecule has 1 spiro atoms. The lowest BCUT2D eigenvalue weighted by Gasteiger charge is -2.44. The Kier molecular flexibility index (Phi) is 22.9. The monoisotopic (exact) mass is 1330 g/mol. The number of hydrogen-bond acceptors (Lipinski definition) is 11. The first-order valence-corrected chi connectivity index (χ1v) is 32.8. The van der Waals surface area contributed by atoms with Gasteiger partial charge in [-0.2, -0.15) is 26.3 Å². The van der Waals surface area contributed by atoms with Gasteiger partial charge < -0.3 is 48.9 Å². The second kappa shape index (κ2) is 31.2. The van der Waals surface area contributed by atoms with E-state index in [9.17, 15) is 54.7 Å². The van der Waals surface area contributed by atoms with Crippen molar-refractivity contribution < 1.29 is 68.9 Å². The Morgan fingerprint density at radius 3 is 1.99 bits per heavy atom. The number of likely N-dealkylation sites (tertiary alicyclic amines) is 2. The molecule has 0 saturated carbocycles. The number of alkyl halides is 6. The van der Waals surface area contributed by atoms with Crippen molar-refractivity contribution in [3.63, 3.8) is 0 Å². The molecule has 3 aliphatic heterocycles. The predicted octanol–water partition coefficient (Wildman–Crippen LogP) is 12.6. The van der Waals surface area contributed by atoms with Crippen LogP contribution >= 0.6 is 0 Å². The van der Waals surface area contributed by atoms with E-state index in [0.29, 0.717) is 87.4 Å². The minimum absolute atomic E-state index is 0.0302. The second-order valence-electron chi connectivity index (χ2n) is 25.6. The van der Waals surface area contributed by atoms with E-state index < -0.39 is 64.6 Å². The number of para-hydroxylation sites is 1. The van der Waals surface area contributed by atoms with Crippen molar-refractivity contribution in [1.82, 2.24) is 29.4 Å². The summed E-state index contributed by atoms with van der Waals surface area (Å²) in [5.74, 6) is -1.93. The van der Waals surface area contributed by atoms with Crippen LogP contribution in [0.5, 0.6) is 0 Å². The maximum atomic E-state index is 14.2. The zero-order valence-corrected chi connectivity index (χ0v) is 54.4. The minimum Gasteiger partial charge on any atom is -0.446 e. The fourth-order valence-corrected chi connectivity index (χ4v) is 13.5. The molecule has 5 amide bonds. The molecule has 0 radical (unpaired) electrons. The molecule has 3 fully saturated rings. The van der Waals surface area contributed by atoms with Crippen LogP contribution in [0.15, 0.2) is 146 Å². The fraction of sp³-hybridized carbons (Fsp3) is 0.438. The van der Waals surface area contributed by atoms with Crippen LogP contribution in [-0.4, -0.2) is 178 Å². The Hall–Kier alpha value is -8.38. The van der Waals surface area contributed by atoms with Crippen LogP contribution in [0.4, 0.5) is 46.9 Å². The number of nitrogens with one attached hydrogen (secondary N) is 2. The van der Waals surface area contributed by atoms with Gasteiger partial charge in [-0.1, -0.05) is 91.3 Å². The van der Waals surface area contributed by atoms with Crippen molar-refractivity contribution in [2.45, 2.75) is 99.8 Å². The van der Waals surface area contributed by atoms with Gasteiger partial charge in [-0.3, -0.25) is 24.5 Å². The van der Waals surface area contributed by atoms with Crippen molar-refractivity contribution >= 4 is 41.1 Å². The Morgan fingerprint density at radius 1 is 0.656 bits per heavy atom. The number of unbranched alkanes of at least 4 members (excludes halogenated alkanes) is 2. The molecule has 16 nitrogen and oxygen atoms in total. The van der Waals surface area contributed by atoms with Crippen LogP contribution in [0, 0.1) is 5.82 Å². The predicted molar refractivity (Wildman–Crippen MR) is 350 cm³/mol. The Bertz CT molecular complexity index is 3610. The first-order chi connectivity index (χ1) is 46.0. The highest BCUT2D eigenvalue weighted by Crippen LogP contribution is 2.48. The van der Waals surface area contributed by atoms with Crippen LogP contribution in [-0.2, 0) is 53.6 Å². The quantitative estimate of drug-likeness (QED) is 0.0415. The number of amides is 5. The maximum Gasteiger partial charge on any atom is 0.416 e. The molecule has 3 heterocycles. The molecule has 4 aliphatic rings. The third kappa shape index (κ3) is 17.6. The summed E-state index contributed by atoms with van der Waals surface area (Å²) >= 11 is 0. The number of halogens is 7. The van der Waals surface area contributed by atoms with E-state index >= 15 is 0 Å².